The van der Waals surface area contributed by atoms with Gasteiger partial charge >= 0.3 is 29.8 Å². The van der Waals surface area contributed by atoms with Crippen LogP contribution in [0.3, 0.4) is 0 Å². The maximum atomic E-state index is 11.0. The van der Waals surface area contributed by atoms with Gasteiger partial charge in [-0.3, -0.25) is 43.9 Å². The van der Waals surface area contributed by atoms with E-state index in [-0.39, 0.29) is 17.7 Å². The van der Waals surface area contributed by atoms with Crippen LogP contribution in [0.1, 0.15) is 92.7 Å². The molecule has 1 fully saturated rings. The molecule has 756 valence electrons. The first-order chi connectivity index (χ1) is 68.9. The molecule has 0 aliphatic carbocycles. The van der Waals surface area contributed by atoms with Crippen molar-refractivity contribution < 1.29 is 98.5 Å². The van der Waals surface area contributed by atoms with Crippen LogP contribution in [0, 0.1) is 12.8 Å². The molecule has 13 aromatic rings. The lowest BCUT2D eigenvalue weighted by Gasteiger charge is -2.30. The van der Waals surface area contributed by atoms with Crippen LogP contribution in [-0.2, 0) is 58.9 Å². The molecule has 0 amide bonds. The molecule has 0 bridgehead atoms. The number of aromatic carboxylic acids is 4. The summed E-state index contributed by atoms with van der Waals surface area (Å²) in [5, 5.41) is 84.0. The van der Waals surface area contributed by atoms with Crippen molar-refractivity contribution >= 4 is 53.6 Å². The number of carbonyl (C=O) groups is 7. The molecule has 0 radical (unpaired) electrons. The molecule has 0 saturated carbocycles. The molecular weight excluding hydrogens is 1830 g/mol. The maximum absolute atomic E-state index is 11.0. The number of hydroxylamine groups is 4. The summed E-state index contributed by atoms with van der Waals surface area (Å²) in [6.45, 7) is 35.9. The van der Waals surface area contributed by atoms with E-state index < -0.39 is 52.5 Å². The number of aromatic amines is 1. The zero-order chi connectivity index (χ0) is 104. The number of nitrogens with zero attached hydrogens (tertiary/aromatic N) is 13. The Kier molecular flexibility index (Phi) is 52.7. The van der Waals surface area contributed by atoms with E-state index in [1.807, 2.05) is 156 Å². The first kappa shape index (κ1) is 116. The number of benzene rings is 8. The van der Waals surface area contributed by atoms with Crippen LogP contribution in [0.25, 0.3) is 78.3 Å². The van der Waals surface area contributed by atoms with Crippen molar-refractivity contribution in [3.05, 3.63) is 327 Å². The van der Waals surface area contributed by atoms with Crippen LogP contribution in [0.15, 0.2) is 288 Å². The average molecular weight is 1960 g/mol. The third kappa shape index (κ3) is 44.4. The number of nitrogens with two attached hydrogens (primary N) is 1. The van der Waals surface area contributed by atoms with Crippen LogP contribution >= 0.6 is 0 Å². The first-order valence-electron chi connectivity index (χ1n) is 45.4. The summed E-state index contributed by atoms with van der Waals surface area (Å²) in [6.07, 6.45) is 17.9. The Morgan fingerprint density at radius 3 is 1.43 bits per heavy atom. The molecule has 37 nitrogen and oxygen atoms in total. The van der Waals surface area contributed by atoms with E-state index >= 15 is 0 Å². The normalized spacial score (nSPS) is 11.9. The number of carbonyl (C=O) groups excluding carboxylic acids is 2. The predicted molar refractivity (Wildman–Crippen MR) is 547 cm³/mol. The predicted octanol–water partition coefficient (Wildman–Crippen LogP) is 15.2. The molecule has 0 atom stereocenters. The van der Waals surface area contributed by atoms with Gasteiger partial charge in [0.05, 0.1) is 30.1 Å². The number of hydrogen-bond donors (Lipinski definition) is 11. The Morgan fingerprint density at radius 2 is 0.993 bits per heavy atom. The summed E-state index contributed by atoms with van der Waals surface area (Å²) in [5.41, 5.74) is 19.2. The minimum atomic E-state index is -1.45. The van der Waals surface area contributed by atoms with E-state index in [0.29, 0.717) is 105 Å². The van der Waals surface area contributed by atoms with Crippen LogP contribution in [0.2, 0.25) is 0 Å². The Labute approximate surface area is 831 Å². The van der Waals surface area contributed by atoms with Crippen LogP contribution in [0.4, 0.5) is 0 Å². The number of aromatic hydroxyl groups is 2. The number of aryl methyl sites for hydroxylation is 3. The van der Waals surface area contributed by atoms with Crippen molar-refractivity contribution in [2.75, 3.05) is 119 Å². The molecule has 14 rings (SSSR count). The number of rotatable bonds is 34. The van der Waals surface area contributed by atoms with Crippen LogP contribution in [-0.4, -0.2) is 267 Å². The number of hydrogen-bond acceptors (Lipinski definition) is 30. The minimum Gasteiger partial charge on any atom is -0.507 e. The van der Waals surface area contributed by atoms with Crippen molar-refractivity contribution in [1.29, 1.82) is 0 Å². The number of allylic oxidation sites excluding steroid dienone is 1. The van der Waals surface area contributed by atoms with Crippen molar-refractivity contribution in [3.63, 3.8) is 0 Å². The summed E-state index contributed by atoms with van der Waals surface area (Å²) in [7, 11) is 5.88. The van der Waals surface area contributed by atoms with Crippen molar-refractivity contribution in [2.45, 2.75) is 54.6 Å². The number of nitrogens with one attached hydrogen (secondary N) is 3. The Hall–Kier alpha value is -15.9. The van der Waals surface area contributed by atoms with Gasteiger partial charge in [-0.15, -0.1) is 16.7 Å². The van der Waals surface area contributed by atoms with E-state index in [0.717, 1.165) is 121 Å². The highest BCUT2D eigenvalue weighted by molar-refractivity contribution is 5.99. The molecule has 0 spiro atoms. The van der Waals surface area contributed by atoms with E-state index in [9.17, 15) is 33.6 Å². The SMILES string of the molecule is C=C(C)C.C=COON1CCN(C)CCN(CC(=O)O)CCN(OOC=C)CC1.CCc1ccc(COC=O)cc1.CNCCN(CCN)CCNCC(C)C.Cc1ccc(-c2ccc(OC=O)cc2)cc1.Cn1cc(-c2ccc(-c3cn[nH]c3)cc2)cn1.O=C(O)c1cc(O)c(C(=O)O)cc1O.O=C(O)c1ccc2cc(C(=O)O)ccc2c1.c1ccc(-c2nc(-c3ccncc3)nc(-c3ccncc3)n2)cc1. The van der Waals surface area contributed by atoms with Crippen LogP contribution < -0.4 is 21.1 Å². The molecule has 8 aromatic carbocycles. The second kappa shape index (κ2) is 65.1. The molecule has 1 aliphatic heterocycles. The molecule has 0 unspecified atom stereocenters. The summed E-state index contributed by atoms with van der Waals surface area (Å²) >= 11 is 0. The number of carboxylic acid groups (broad SMARTS) is 5. The Balaban J connectivity index is 0.000000251. The number of H-pyrrole nitrogens is 1. The van der Waals surface area contributed by atoms with Gasteiger partial charge in [0.1, 0.15) is 47.5 Å². The molecule has 1 aliphatic rings. The Morgan fingerprint density at radius 1 is 0.538 bits per heavy atom. The molecule has 37 heteroatoms. The number of fused-ring (bicyclic) bond motifs is 1. The van der Waals surface area contributed by atoms with E-state index in [1.54, 1.807) is 63.9 Å². The fourth-order valence-corrected chi connectivity index (χ4v) is 12.8. The van der Waals surface area contributed by atoms with E-state index in [1.165, 1.54) is 59.1 Å². The monoisotopic (exact) mass is 1960 g/mol. The lowest BCUT2D eigenvalue weighted by Crippen LogP contribution is -2.46. The molecular formula is C106H127N17O20. The van der Waals surface area contributed by atoms with Gasteiger partial charge in [0.2, 0.25) is 0 Å². The second-order valence-electron chi connectivity index (χ2n) is 32.2. The largest absolute Gasteiger partial charge is 0.507 e. The molecule has 1 saturated heterocycles. The highest BCUT2D eigenvalue weighted by Gasteiger charge is 2.22. The molecule has 143 heavy (non-hydrogen) atoms. The third-order valence-electron chi connectivity index (χ3n) is 20.2. The standard InChI is InChI=1S/C19H13N5.C15H28N4O6.C14H12O2.C13H12N4.C12H8O4.C11H28N4.C10H12O2.C8H6O6.C4H8/c1-2-4-14(5-3-1)17-22-18(15-6-10-20-11-7-15)24-19(23-17)16-8-12-21-13-9-16;1-4-22-24-18-10-7-16(3)6-8-17(14-15(20)21)9-11-19(13-12-18)25-23-5-2;1-11-2-4-12(5-3-11)13-6-8-14(9-7-13)16-10-15;1-17-9-13(8-16-17)11-4-2-10(3-5-11)12-6-14-15-7-12;13-11(14)9-3-1-7-5-10(12(15)16)4-2-8(7)6-9;1-11(2)10-14-6-9-15(7-4-12)8-5-13-3;1-2-9-3-5-10(6-4-9)7-12-8-11;9-5-1-3(7(11)12)6(10)2-4(5)8(13)14;1-4(2)3/h1-13H;4-5H,1-2,6-14H2,3H3,(H,20,21);2-10H,1H3;2-9H,1H3,(H,14,15);1-6H,(H,13,14)(H,15,16);11,13-14H,4-10,12H2,1-3H3;3-6,8H,2,7H2,1H3;1-2,9-10H,(H,11,12)(H,13,14);1H2,2-3H3. The zero-order valence-corrected chi connectivity index (χ0v) is 81.7. The number of aromatic nitrogens is 9. The van der Waals surface area contributed by atoms with Gasteiger partial charge < -0.3 is 76.3 Å². The lowest BCUT2D eigenvalue weighted by atomic mass is 10.0. The van der Waals surface area contributed by atoms with Gasteiger partial charge in [-0.05, 0) is 171 Å². The van der Waals surface area contributed by atoms with Gasteiger partial charge in [0.25, 0.3) is 12.9 Å². The van der Waals surface area contributed by atoms with Crippen molar-refractivity contribution in [1.82, 2.24) is 80.4 Å². The summed E-state index contributed by atoms with van der Waals surface area (Å²) in [6, 6.07) is 60.1. The van der Waals surface area contributed by atoms with Crippen LogP contribution in [0.5, 0.6) is 17.2 Å². The van der Waals surface area contributed by atoms with Gasteiger partial charge in [0, 0.05) is 164 Å². The fraction of sp³-hybridized carbons (Fsp3) is 0.264. The maximum Gasteiger partial charge on any atom is 0.339 e. The lowest BCUT2D eigenvalue weighted by molar-refractivity contribution is -0.417. The highest BCUT2D eigenvalue weighted by Crippen LogP contribution is 2.30. The van der Waals surface area contributed by atoms with Gasteiger partial charge in [-0.2, -0.15) is 10.2 Å². The Bertz CT molecular complexity index is 5760. The number of ether oxygens (including phenoxy) is 2. The number of carboxylic acids is 5. The smallest absolute Gasteiger partial charge is 0.339 e. The van der Waals surface area contributed by atoms with Gasteiger partial charge in [-0.25, -0.2) is 34.1 Å². The number of pyridine rings is 2. The third-order valence-corrected chi connectivity index (χ3v) is 20.2. The molecule has 5 aromatic heterocycles. The van der Waals surface area contributed by atoms with Gasteiger partial charge in [-0.1, -0.05) is 182 Å². The average Bonchev–Trinajstić information content (AvgIpc) is 0.969. The number of likely N-dealkylation sites (N-methyl/N-ethyl adjacent to an activating group) is 2. The highest BCUT2D eigenvalue weighted by atomic mass is 17.3. The summed E-state index contributed by atoms with van der Waals surface area (Å²) in [5.74, 6) is -3.97. The number of phenols is 2. The van der Waals surface area contributed by atoms with E-state index in [2.05, 4.69) is 161 Å². The van der Waals surface area contributed by atoms with Gasteiger partial charge in [0.15, 0.2) is 17.5 Å². The first-order valence-corrected chi connectivity index (χ1v) is 45.4. The van der Waals surface area contributed by atoms with Crippen molar-refractivity contribution in [3.8, 4) is 84.8 Å². The quantitative estimate of drug-likeness (QED) is 0.00339. The number of aliphatic carboxylic acids is 1. The zero-order valence-electron chi connectivity index (χ0n) is 81.7. The topological polar surface area (TPSA) is 494 Å². The molecule has 12 N–H and O–H groups in total. The second-order valence-corrected chi connectivity index (χ2v) is 32.2. The van der Waals surface area contributed by atoms with Crippen molar-refractivity contribution in [2.24, 2.45) is 18.7 Å². The van der Waals surface area contributed by atoms with E-state index in [4.69, 9.17) is 66.0 Å². The molecule has 6 heterocycles. The fourth-order valence-electron chi connectivity index (χ4n) is 12.8. The minimum absolute atomic E-state index is 0.0214. The summed E-state index contributed by atoms with van der Waals surface area (Å²) < 4.78 is 11.2. The summed E-state index contributed by atoms with van der Waals surface area (Å²) in [4.78, 5) is 122.